The summed E-state index contributed by atoms with van der Waals surface area (Å²) >= 11 is 1.72. The van der Waals surface area contributed by atoms with Crippen LogP contribution in [0.4, 0.5) is 0 Å². The fourth-order valence-corrected chi connectivity index (χ4v) is 1.81. The Balaban J connectivity index is 2.43. The Morgan fingerprint density at radius 2 is 2.25 bits per heavy atom. The van der Waals surface area contributed by atoms with Gasteiger partial charge in [-0.15, -0.1) is 11.3 Å². The second-order valence-electron chi connectivity index (χ2n) is 2.65. The number of hydrogen-bond donors (Lipinski definition) is 0. The zero-order valence-corrected chi connectivity index (χ0v) is 7.80. The Kier molecular flexibility index (Phi) is 1.69. The molecule has 0 atom stereocenters. The van der Waals surface area contributed by atoms with Gasteiger partial charge in [-0.3, -0.25) is 4.68 Å². The normalized spacial score (nSPS) is 10.5. The SMILES string of the molecule is Cc1ccc(-c2ncn(C)n2)s1. The van der Waals surface area contributed by atoms with Gasteiger partial charge in [0, 0.05) is 11.9 Å². The summed E-state index contributed by atoms with van der Waals surface area (Å²) in [6.45, 7) is 2.08. The molecular weight excluding hydrogens is 170 g/mol. The average molecular weight is 179 g/mol. The lowest BCUT2D eigenvalue weighted by Gasteiger charge is -1.85. The van der Waals surface area contributed by atoms with Crippen LogP contribution in [0, 0.1) is 6.92 Å². The molecule has 0 amide bonds. The summed E-state index contributed by atoms with van der Waals surface area (Å²) < 4.78 is 1.71. The summed E-state index contributed by atoms with van der Waals surface area (Å²) in [7, 11) is 1.87. The molecule has 2 heterocycles. The van der Waals surface area contributed by atoms with E-state index in [0.29, 0.717) is 0 Å². The molecular formula is C8H9N3S. The van der Waals surface area contributed by atoms with Crippen molar-refractivity contribution in [1.82, 2.24) is 14.8 Å². The van der Waals surface area contributed by atoms with Gasteiger partial charge in [-0.1, -0.05) is 0 Å². The molecule has 4 heteroatoms. The van der Waals surface area contributed by atoms with Crippen molar-refractivity contribution in [3.63, 3.8) is 0 Å². The van der Waals surface area contributed by atoms with Crippen LogP contribution in [-0.4, -0.2) is 14.8 Å². The van der Waals surface area contributed by atoms with Gasteiger partial charge < -0.3 is 0 Å². The van der Waals surface area contributed by atoms with Gasteiger partial charge in [0.1, 0.15) is 6.33 Å². The molecule has 3 nitrogen and oxygen atoms in total. The summed E-state index contributed by atoms with van der Waals surface area (Å²) in [5.41, 5.74) is 0. The molecule has 0 bridgehead atoms. The monoisotopic (exact) mass is 179 g/mol. The third kappa shape index (κ3) is 1.25. The summed E-state index contributed by atoms with van der Waals surface area (Å²) in [6, 6.07) is 4.13. The molecule has 0 unspecified atom stereocenters. The molecule has 0 aliphatic rings. The molecule has 0 aromatic carbocycles. The number of nitrogens with zero attached hydrogens (tertiary/aromatic N) is 3. The van der Waals surface area contributed by atoms with Crippen molar-refractivity contribution in [1.29, 1.82) is 0 Å². The van der Waals surface area contributed by atoms with Crippen molar-refractivity contribution in [2.45, 2.75) is 6.92 Å². The van der Waals surface area contributed by atoms with E-state index in [0.717, 1.165) is 10.7 Å². The van der Waals surface area contributed by atoms with Crippen molar-refractivity contribution in [2.24, 2.45) is 7.05 Å². The number of aryl methyl sites for hydroxylation is 2. The van der Waals surface area contributed by atoms with Gasteiger partial charge in [0.05, 0.1) is 4.88 Å². The maximum Gasteiger partial charge on any atom is 0.191 e. The van der Waals surface area contributed by atoms with Gasteiger partial charge in [-0.05, 0) is 19.1 Å². The van der Waals surface area contributed by atoms with E-state index >= 15 is 0 Å². The lowest BCUT2D eigenvalue weighted by Crippen LogP contribution is -1.86. The van der Waals surface area contributed by atoms with Crippen molar-refractivity contribution >= 4 is 11.3 Å². The summed E-state index contributed by atoms with van der Waals surface area (Å²) in [5, 5.41) is 4.21. The minimum absolute atomic E-state index is 0.815. The highest BCUT2D eigenvalue weighted by Crippen LogP contribution is 2.23. The lowest BCUT2D eigenvalue weighted by molar-refractivity contribution is 0.768. The molecule has 0 saturated carbocycles. The van der Waals surface area contributed by atoms with Crippen LogP contribution in [0.2, 0.25) is 0 Å². The van der Waals surface area contributed by atoms with Gasteiger partial charge in [-0.2, -0.15) is 5.10 Å². The summed E-state index contributed by atoms with van der Waals surface area (Å²) in [4.78, 5) is 6.58. The fraction of sp³-hybridized carbons (Fsp3) is 0.250. The molecule has 0 aliphatic heterocycles. The van der Waals surface area contributed by atoms with Crippen LogP contribution >= 0.6 is 11.3 Å². The van der Waals surface area contributed by atoms with Crippen molar-refractivity contribution in [3.05, 3.63) is 23.3 Å². The Labute approximate surface area is 74.7 Å². The predicted molar refractivity (Wildman–Crippen MR) is 49.1 cm³/mol. The highest BCUT2D eigenvalue weighted by Gasteiger charge is 2.03. The van der Waals surface area contributed by atoms with Crippen LogP contribution in [0.3, 0.4) is 0 Å². The molecule has 62 valence electrons. The molecule has 0 aliphatic carbocycles. The Bertz CT molecular complexity index is 350. The molecule has 0 N–H and O–H groups in total. The highest BCUT2D eigenvalue weighted by atomic mass is 32.1. The quantitative estimate of drug-likeness (QED) is 0.669. The van der Waals surface area contributed by atoms with Crippen molar-refractivity contribution in [2.75, 3.05) is 0 Å². The van der Waals surface area contributed by atoms with E-state index in [1.165, 1.54) is 4.88 Å². The molecule has 0 saturated heterocycles. The van der Waals surface area contributed by atoms with E-state index in [1.807, 2.05) is 7.05 Å². The molecule has 2 aromatic rings. The van der Waals surface area contributed by atoms with Gasteiger partial charge in [0.15, 0.2) is 5.82 Å². The smallest absolute Gasteiger partial charge is 0.191 e. The summed E-state index contributed by atoms with van der Waals surface area (Å²) in [5.74, 6) is 0.815. The minimum atomic E-state index is 0.815. The molecule has 2 aromatic heterocycles. The molecule has 0 radical (unpaired) electrons. The first-order valence-electron chi connectivity index (χ1n) is 3.68. The standard InChI is InChI=1S/C8H9N3S/c1-6-3-4-7(12-6)8-9-5-11(2)10-8/h3-5H,1-2H3. The third-order valence-electron chi connectivity index (χ3n) is 1.56. The maximum atomic E-state index is 4.21. The van der Waals surface area contributed by atoms with E-state index in [1.54, 1.807) is 22.3 Å². The Hall–Kier alpha value is -1.16. The zero-order chi connectivity index (χ0) is 8.55. The first-order valence-corrected chi connectivity index (χ1v) is 4.50. The largest absolute Gasteiger partial charge is 0.255 e. The molecule has 12 heavy (non-hydrogen) atoms. The topological polar surface area (TPSA) is 30.7 Å². The Morgan fingerprint density at radius 3 is 2.75 bits per heavy atom. The first-order chi connectivity index (χ1) is 5.75. The van der Waals surface area contributed by atoms with E-state index in [2.05, 4.69) is 29.1 Å². The second kappa shape index (κ2) is 2.71. The Morgan fingerprint density at radius 1 is 1.42 bits per heavy atom. The highest BCUT2D eigenvalue weighted by molar-refractivity contribution is 7.15. The number of rotatable bonds is 1. The van der Waals surface area contributed by atoms with Gasteiger partial charge >= 0.3 is 0 Å². The van der Waals surface area contributed by atoms with Crippen LogP contribution < -0.4 is 0 Å². The van der Waals surface area contributed by atoms with Crippen LogP contribution in [0.5, 0.6) is 0 Å². The van der Waals surface area contributed by atoms with Crippen LogP contribution in [0.15, 0.2) is 18.5 Å². The van der Waals surface area contributed by atoms with Crippen LogP contribution in [0.25, 0.3) is 10.7 Å². The number of thiophene rings is 1. The van der Waals surface area contributed by atoms with E-state index in [9.17, 15) is 0 Å². The third-order valence-corrected chi connectivity index (χ3v) is 2.56. The predicted octanol–water partition coefficient (Wildman–Crippen LogP) is 1.85. The minimum Gasteiger partial charge on any atom is -0.255 e. The number of aromatic nitrogens is 3. The van der Waals surface area contributed by atoms with E-state index in [4.69, 9.17) is 0 Å². The van der Waals surface area contributed by atoms with E-state index in [-0.39, 0.29) is 0 Å². The summed E-state index contributed by atoms with van der Waals surface area (Å²) in [6.07, 6.45) is 1.71. The molecule has 2 rings (SSSR count). The van der Waals surface area contributed by atoms with Crippen LogP contribution in [-0.2, 0) is 7.05 Å². The second-order valence-corrected chi connectivity index (χ2v) is 3.94. The van der Waals surface area contributed by atoms with Gasteiger partial charge in [0.25, 0.3) is 0 Å². The van der Waals surface area contributed by atoms with Crippen LogP contribution in [0.1, 0.15) is 4.88 Å². The zero-order valence-electron chi connectivity index (χ0n) is 6.98. The average Bonchev–Trinajstić information content (AvgIpc) is 2.58. The van der Waals surface area contributed by atoms with Crippen molar-refractivity contribution < 1.29 is 0 Å². The lowest BCUT2D eigenvalue weighted by atomic mass is 10.4. The van der Waals surface area contributed by atoms with E-state index < -0.39 is 0 Å². The van der Waals surface area contributed by atoms with Gasteiger partial charge in [0.2, 0.25) is 0 Å². The fourth-order valence-electron chi connectivity index (χ4n) is 1.01. The molecule has 0 fully saturated rings. The first kappa shape index (κ1) is 7.49. The van der Waals surface area contributed by atoms with Gasteiger partial charge in [-0.25, -0.2) is 4.98 Å². The van der Waals surface area contributed by atoms with Crippen molar-refractivity contribution in [3.8, 4) is 10.7 Å². The maximum absolute atomic E-state index is 4.21. The molecule has 0 spiro atoms. The number of hydrogen-bond acceptors (Lipinski definition) is 3.